The van der Waals surface area contributed by atoms with Gasteiger partial charge >= 0.3 is 0 Å². The maximum Gasteiger partial charge on any atom is 0.256 e. The fourth-order valence-corrected chi connectivity index (χ4v) is 2.08. The van der Waals surface area contributed by atoms with Gasteiger partial charge in [0.2, 0.25) is 0 Å². The van der Waals surface area contributed by atoms with E-state index in [2.05, 4.69) is 25.8 Å². The Labute approximate surface area is 140 Å². The minimum absolute atomic E-state index is 0.207. The molecular formula is C18H17N5O. The van der Waals surface area contributed by atoms with Gasteiger partial charge in [-0.05, 0) is 48.9 Å². The Morgan fingerprint density at radius 2 is 1.58 bits per heavy atom. The number of carbonyl (C=O) groups excluding carboxylic acids is 1. The lowest BCUT2D eigenvalue weighted by Crippen LogP contribution is -2.13. The zero-order valence-electron chi connectivity index (χ0n) is 13.2. The highest BCUT2D eigenvalue weighted by molar-refractivity contribution is 6.03. The van der Waals surface area contributed by atoms with Crippen LogP contribution in [-0.2, 0) is 6.54 Å². The van der Waals surface area contributed by atoms with Crippen molar-refractivity contribution in [3.8, 4) is 0 Å². The van der Waals surface area contributed by atoms with Crippen LogP contribution >= 0.6 is 0 Å². The van der Waals surface area contributed by atoms with Gasteiger partial charge < -0.3 is 10.6 Å². The molecule has 1 amide bonds. The van der Waals surface area contributed by atoms with Gasteiger partial charge in [0.05, 0.1) is 0 Å². The molecule has 1 aromatic carbocycles. The number of pyridine rings is 1. The number of aromatic nitrogens is 3. The van der Waals surface area contributed by atoms with Crippen LogP contribution in [0.3, 0.4) is 0 Å². The molecule has 6 nitrogen and oxygen atoms in total. The predicted molar refractivity (Wildman–Crippen MR) is 92.7 cm³/mol. The van der Waals surface area contributed by atoms with E-state index in [0.29, 0.717) is 23.7 Å². The molecule has 6 heteroatoms. The second-order valence-electron chi connectivity index (χ2n) is 5.33. The van der Waals surface area contributed by atoms with E-state index in [1.165, 1.54) is 0 Å². The summed E-state index contributed by atoms with van der Waals surface area (Å²) in [6.07, 6.45) is 3.48. The Kier molecular flexibility index (Phi) is 4.76. The molecule has 24 heavy (non-hydrogen) atoms. The van der Waals surface area contributed by atoms with Crippen molar-refractivity contribution in [2.24, 2.45) is 0 Å². The van der Waals surface area contributed by atoms with E-state index in [1.54, 1.807) is 36.7 Å². The monoisotopic (exact) mass is 319 g/mol. The maximum absolute atomic E-state index is 12.1. The summed E-state index contributed by atoms with van der Waals surface area (Å²) in [5, 5.41) is 14.0. The highest BCUT2D eigenvalue weighted by Crippen LogP contribution is 2.10. The lowest BCUT2D eigenvalue weighted by Gasteiger charge is -2.07. The number of benzene rings is 1. The summed E-state index contributed by atoms with van der Waals surface area (Å²) in [6, 6.07) is 14.7. The first-order valence-corrected chi connectivity index (χ1v) is 7.55. The molecule has 0 saturated heterocycles. The van der Waals surface area contributed by atoms with Gasteiger partial charge in [0, 0.05) is 24.5 Å². The third kappa shape index (κ3) is 4.13. The van der Waals surface area contributed by atoms with Crippen LogP contribution in [0, 0.1) is 6.92 Å². The zero-order valence-corrected chi connectivity index (χ0v) is 13.2. The number of anilines is 2. The number of nitrogens with zero attached hydrogens (tertiary/aromatic N) is 3. The summed E-state index contributed by atoms with van der Waals surface area (Å²) in [4.78, 5) is 16.1. The number of aryl methyl sites for hydroxylation is 1. The van der Waals surface area contributed by atoms with E-state index in [9.17, 15) is 4.79 Å². The maximum atomic E-state index is 12.1. The summed E-state index contributed by atoms with van der Waals surface area (Å²) in [6.45, 7) is 2.61. The highest BCUT2D eigenvalue weighted by Gasteiger charge is 2.07. The molecular weight excluding hydrogens is 302 g/mol. The van der Waals surface area contributed by atoms with Crippen LogP contribution in [0.4, 0.5) is 11.6 Å². The summed E-state index contributed by atoms with van der Waals surface area (Å²) in [5.41, 5.74) is 2.79. The molecule has 120 valence electrons. The number of hydrogen-bond acceptors (Lipinski definition) is 5. The zero-order chi connectivity index (χ0) is 16.8. The van der Waals surface area contributed by atoms with Crippen LogP contribution < -0.4 is 10.6 Å². The van der Waals surface area contributed by atoms with Crippen molar-refractivity contribution in [2.75, 3.05) is 10.6 Å². The Morgan fingerprint density at radius 1 is 0.917 bits per heavy atom. The smallest absolute Gasteiger partial charge is 0.256 e. The number of amides is 1. The molecule has 2 N–H and O–H groups in total. The first-order chi connectivity index (χ1) is 11.7. The van der Waals surface area contributed by atoms with Gasteiger partial charge in [-0.15, -0.1) is 10.2 Å². The largest absolute Gasteiger partial charge is 0.365 e. The topological polar surface area (TPSA) is 79.8 Å². The molecule has 3 rings (SSSR count). The number of hydrogen-bond donors (Lipinski definition) is 2. The van der Waals surface area contributed by atoms with Gasteiger partial charge in [0.15, 0.2) is 5.82 Å². The Morgan fingerprint density at radius 3 is 2.25 bits per heavy atom. The van der Waals surface area contributed by atoms with E-state index in [-0.39, 0.29) is 5.91 Å². The molecule has 0 bridgehead atoms. The Balaban J connectivity index is 1.58. The van der Waals surface area contributed by atoms with Crippen LogP contribution in [0.15, 0.2) is 60.9 Å². The summed E-state index contributed by atoms with van der Waals surface area (Å²) in [7, 11) is 0. The second-order valence-corrected chi connectivity index (χ2v) is 5.33. The van der Waals surface area contributed by atoms with E-state index >= 15 is 0 Å². The molecule has 0 unspecified atom stereocenters. The average molecular weight is 319 g/mol. The van der Waals surface area contributed by atoms with Crippen molar-refractivity contribution in [3.05, 3.63) is 77.6 Å². The van der Waals surface area contributed by atoms with E-state index < -0.39 is 0 Å². The molecule has 0 fully saturated rings. The SMILES string of the molecule is Cc1ccc(C(=O)Nc2ccc(NCc3ccncc3)nn2)cc1. The van der Waals surface area contributed by atoms with Crippen LogP contribution in [0.5, 0.6) is 0 Å². The molecule has 0 spiro atoms. The molecule has 2 aromatic heterocycles. The van der Waals surface area contributed by atoms with Crippen LogP contribution in [-0.4, -0.2) is 21.1 Å². The second kappa shape index (κ2) is 7.32. The van der Waals surface area contributed by atoms with Crippen molar-refractivity contribution in [2.45, 2.75) is 13.5 Å². The van der Waals surface area contributed by atoms with Crippen LogP contribution in [0.1, 0.15) is 21.5 Å². The Hall–Kier alpha value is -3.28. The van der Waals surface area contributed by atoms with E-state index in [0.717, 1.165) is 11.1 Å². The van der Waals surface area contributed by atoms with Crippen molar-refractivity contribution in [1.82, 2.24) is 15.2 Å². The van der Waals surface area contributed by atoms with Gasteiger partial charge in [0.1, 0.15) is 5.82 Å². The number of carbonyl (C=O) groups is 1. The van der Waals surface area contributed by atoms with Gasteiger partial charge in [0.25, 0.3) is 5.91 Å². The first kappa shape index (κ1) is 15.6. The quantitative estimate of drug-likeness (QED) is 0.755. The van der Waals surface area contributed by atoms with Crippen molar-refractivity contribution in [1.29, 1.82) is 0 Å². The number of rotatable bonds is 5. The third-order valence-electron chi connectivity index (χ3n) is 3.44. The predicted octanol–water partition coefficient (Wildman–Crippen LogP) is 3.04. The van der Waals surface area contributed by atoms with Crippen LogP contribution in [0.2, 0.25) is 0 Å². The molecule has 0 radical (unpaired) electrons. The minimum Gasteiger partial charge on any atom is -0.365 e. The molecule has 0 aliphatic carbocycles. The summed E-state index contributed by atoms with van der Waals surface area (Å²) in [5.74, 6) is 0.844. The van der Waals surface area contributed by atoms with E-state index in [4.69, 9.17) is 0 Å². The molecule has 0 atom stereocenters. The van der Waals surface area contributed by atoms with Gasteiger partial charge in [-0.25, -0.2) is 0 Å². The normalized spacial score (nSPS) is 10.2. The van der Waals surface area contributed by atoms with Crippen molar-refractivity contribution >= 4 is 17.5 Å². The fourth-order valence-electron chi connectivity index (χ4n) is 2.08. The van der Waals surface area contributed by atoms with Gasteiger partial charge in [-0.1, -0.05) is 17.7 Å². The van der Waals surface area contributed by atoms with Crippen LogP contribution in [0.25, 0.3) is 0 Å². The van der Waals surface area contributed by atoms with Crippen molar-refractivity contribution < 1.29 is 4.79 Å². The minimum atomic E-state index is -0.207. The van der Waals surface area contributed by atoms with Gasteiger partial charge in [-0.3, -0.25) is 9.78 Å². The lowest BCUT2D eigenvalue weighted by atomic mass is 10.1. The summed E-state index contributed by atoms with van der Waals surface area (Å²) >= 11 is 0. The molecule has 0 aliphatic heterocycles. The lowest BCUT2D eigenvalue weighted by molar-refractivity contribution is 0.102. The first-order valence-electron chi connectivity index (χ1n) is 7.55. The van der Waals surface area contributed by atoms with Crippen molar-refractivity contribution in [3.63, 3.8) is 0 Å². The standard InChI is InChI=1S/C18H17N5O/c1-13-2-4-15(5-3-13)18(24)21-17-7-6-16(22-23-17)20-12-14-8-10-19-11-9-14/h2-11H,12H2,1H3,(H,20,22)(H,21,23,24). The average Bonchev–Trinajstić information content (AvgIpc) is 2.62. The van der Waals surface area contributed by atoms with Gasteiger partial charge in [-0.2, -0.15) is 0 Å². The Bertz CT molecular complexity index is 801. The molecule has 3 aromatic rings. The highest BCUT2D eigenvalue weighted by atomic mass is 16.1. The van der Waals surface area contributed by atoms with E-state index in [1.807, 2.05) is 31.2 Å². The molecule has 2 heterocycles. The summed E-state index contributed by atoms with van der Waals surface area (Å²) < 4.78 is 0. The fraction of sp³-hybridized carbons (Fsp3) is 0.111. The molecule has 0 aliphatic rings. The third-order valence-corrected chi connectivity index (χ3v) is 3.44. The molecule has 0 saturated carbocycles. The number of nitrogens with one attached hydrogen (secondary N) is 2.